The zero-order chi connectivity index (χ0) is 10.6. The molecule has 3 heteroatoms. The van der Waals surface area contributed by atoms with E-state index >= 15 is 0 Å². The van der Waals surface area contributed by atoms with Crippen LogP contribution < -0.4 is 4.90 Å². The quantitative estimate of drug-likeness (QED) is 0.786. The van der Waals surface area contributed by atoms with Crippen molar-refractivity contribution in [2.75, 3.05) is 25.1 Å². The van der Waals surface area contributed by atoms with Crippen LogP contribution in [0.5, 0.6) is 0 Å². The molecule has 0 fully saturated rings. The molecule has 78 valence electrons. The number of rotatable bonds is 4. The topological polar surface area (TPSA) is 36.4 Å². The van der Waals surface area contributed by atoms with Crippen LogP contribution in [0.3, 0.4) is 0 Å². The first-order chi connectivity index (χ1) is 6.69. The predicted octanol–water partition coefficient (Wildman–Crippen LogP) is 1.38. The Morgan fingerprint density at radius 1 is 1.50 bits per heavy atom. The highest BCUT2D eigenvalue weighted by Crippen LogP contribution is 2.14. The maximum atomic E-state index is 8.83. The van der Waals surface area contributed by atoms with E-state index in [9.17, 15) is 0 Å². The third-order valence-electron chi connectivity index (χ3n) is 2.45. The Bertz CT molecular complexity index is 299. The van der Waals surface area contributed by atoms with Crippen molar-refractivity contribution in [3.05, 3.63) is 23.4 Å². The third kappa shape index (κ3) is 2.45. The van der Waals surface area contributed by atoms with Gasteiger partial charge in [0.15, 0.2) is 0 Å². The van der Waals surface area contributed by atoms with Crippen molar-refractivity contribution in [1.82, 2.24) is 4.98 Å². The van der Waals surface area contributed by atoms with Crippen molar-refractivity contribution in [1.29, 1.82) is 0 Å². The van der Waals surface area contributed by atoms with Crippen molar-refractivity contribution >= 4 is 5.82 Å². The first-order valence-electron chi connectivity index (χ1n) is 4.96. The van der Waals surface area contributed by atoms with Gasteiger partial charge in [0.05, 0.1) is 0 Å². The van der Waals surface area contributed by atoms with E-state index in [-0.39, 0.29) is 6.61 Å². The average molecular weight is 194 g/mol. The molecule has 0 aliphatic heterocycles. The second kappa shape index (κ2) is 4.96. The molecule has 0 spiro atoms. The number of aliphatic hydroxyl groups is 1. The van der Waals surface area contributed by atoms with Crippen molar-refractivity contribution in [3.8, 4) is 0 Å². The summed E-state index contributed by atoms with van der Waals surface area (Å²) in [5.74, 6) is 0.992. The minimum absolute atomic E-state index is 0.186. The molecule has 0 aliphatic carbocycles. The molecule has 0 unspecified atom stereocenters. The number of anilines is 1. The molecule has 0 bridgehead atoms. The molecule has 1 aromatic rings. The number of aromatic nitrogens is 1. The molecule has 1 N–H and O–H groups in total. The summed E-state index contributed by atoms with van der Waals surface area (Å²) in [6.45, 7) is 5.29. The largest absolute Gasteiger partial charge is 0.396 e. The Morgan fingerprint density at radius 2 is 2.21 bits per heavy atom. The van der Waals surface area contributed by atoms with Crippen molar-refractivity contribution in [2.24, 2.45) is 0 Å². The summed E-state index contributed by atoms with van der Waals surface area (Å²) < 4.78 is 0. The summed E-state index contributed by atoms with van der Waals surface area (Å²) in [7, 11) is 2.02. The third-order valence-corrected chi connectivity index (χ3v) is 2.45. The van der Waals surface area contributed by atoms with Gasteiger partial charge in [-0.25, -0.2) is 4.98 Å². The molecule has 0 atom stereocenters. The van der Waals surface area contributed by atoms with Gasteiger partial charge in [0, 0.05) is 26.4 Å². The molecule has 0 aromatic carbocycles. The molecule has 3 nitrogen and oxygen atoms in total. The van der Waals surface area contributed by atoms with Crippen LogP contribution in [-0.4, -0.2) is 30.3 Å². The van der Waals surface area contributed by atoms with Crippen molar-refractivity contribution in [2.45, 2.75) is 20.3 Å². The monoisotopic (exact) mass is 194 g/mol. The van der Waals surface area contributed by atoms with E-state index in [1.807, 2.05) is 13.2 Å². The van der Waals surface area contributed by atoms with Crippen LogP contribution in [0.2, 0.25) is 0 Å². The zero-order valence-corrected chi connectivity index (χ0v) is 9.12. The maximum absolute atomic E-state index is 8.83. The first-order valence-corrected chi connectivity index (χ1v) is 4.96. The van der Waals surface area contributed by atoms with E-state index in [1.54, 1.807) is 0 Å². The Hall–Kier alpha value is -1.09. The molecule has 1 heterocycles. The van der Waals surface area contributed by atoms with E-state index in [2.05, 4.69) is 29.8 Å². The normalized spacial score (nSPS) is 10.3. The molecule has 0 aliphatic rings. The van der Waals surface area contributed by atoms with Crippen LogP contribution >= 0.6 is 0 Å². The molecule has 0 radical (unpaired) electrons. The molecule has 14 heavy (non-hydrogen) atoms. The standard InChI is InChI=1S/C11H18N2O/c1-4-13(3)11-7-9(2)10(5-6-14)8-12-11/h7-8,14H,4-6H2,1-3H3. The fourth-order valence-electron chi connectivity index (χ4n) is 1.32. The van der Waals surface area contributed by atoms with Gasteiger partial charge in [-0.05, 0) is 37.5 Å². The lowest BCUT2D eigenvalue weighted by Crippen LogP contribution is -2.17. The molecule has 0 saturated heterocycles. The Kier molecular flexibility index (Phi) is 3.89. The van der Waals surface area contributed by atoms with Gasteiger partial charge >= 0.3 is 0 Å². The van der Waals surface area contributed by atoms with Crippen LogP contribution in [0.1, 0.15) is 18.1 Å². The lowest BCUT2D eigenvalue weighted by molar-refractivity contribution is 0.299. The molecule has 1 rings (SSSR count). The summed E-state index contributed by atoms with van der Waals surface area (Å²) in [5.41, 5.74) is 2.32. The number of hydrogen-bond acceptors (Lipinski definition) is 3. The highest BCUT2D eigenvalue weighted by molar-refractivity contribution is 5.42. The maximum Gasteiger partial charge on any atom is 0.128 e. The van der Waals surface area contributed by atoms with E-state index in [0.717, 1.165) is 17.9 Å². The van der Waals surface area contributed by atoms with Crippen molar-refractivity contribution in [3.63, 3.8) is 0 Å². The Labute approximate surface area is 85.4 Å². The highest BCUT2D eigenvalue weighted by atomic mass is 16.2. The summed E-state index contributed by atoms with van der Waals surface area (Å²) in [4.78, 5) is 6.44. The van der Waals surface area contributed by atoms with E-state index in [0.29, 0.717) is 6.42 Å². The van der Waals surface area contributed by atoms with Crippen molar-refractivity contribution < 1.29 is 5.11 Å². The van der Waals surface area contributed by atoms with Gasteiger partial charge in [-0.15, -0.1) is 0 Å². The highest BCUT2D eigenvalue weighted by Gasteiger charge is 2.03. The van der Waals surface area contributed by atoms with Gasteiger partial charge in [0.25, 0.3) is 0 Å². The lowest BCUT2D eigenvalue weighted by Gasteiger charge is -2.16. The average Bonchev–Trinajstić information content (AvgIpc) is 2.20. The number of aliphatic hydroxyl groups excluding tert-OH is 1. The van der Waals surface area contributed by atoms with Gasteiger partial charge in [0.1, 0.15) is 5.82 Å². The van der Waals surface area contributed by atoms with Crippen LogP contribution in [0.15, 0.2) is 12.3 Å². The van der Waals surface area contributed by atoms with Crippen LogP contribution in [0, 0.1) is 6.92 Å². The molecule has 0 amide bonds. The van der Waals surface area contributed by atoms with E-state index in [4.69, 9.17) is 5.11 Å². The van der Waals surface area contributed by atoms with Crippen LogP contribution in [-0.2, 0) is 6.42 Å². The fraction of sp³-hybridized carbons (Fsp3) is 0.545. The molecular formula is C11H18N2O. The second-order valence-corrected chi connectivity index (χ2v) is 3.46. The molecule has 0 saturated carbocycles. The summed E-state index contributed by atoms with van der Waals surface area (Å²) in [5, 5.41) is 8.83. The summed E-state index contributed by atoms with van der Waals surface area (Å²) in [6.07, 6.45) is 2.54. The summed E-state index contributed by atoms with van der Waals surface area (Å²) in [6, 6.07) is 2.06. The zero-order valence-electron chi connectivity index (χ0n) is 9.12. The smallest absolute Gasteiger partial charge is 0.128 e. The minimum Gasteiger partial charge on any atom is -0.396 e. The predicted molar refractivity (Wildman–Crippen MR) is 58.7 cm³/mol. The lowest BCUT2D eigenvalue weighted by atomic mass is 10.1. The second-order valence-electron chi connectivity index (χ2n) is 3.46. The molecule has 1 aromatic heterocycles. The number of hydrogen-bond donors (Lipinski definition) is 1. The molecular weight excluding hydrogens is 176 g/mol. The first kappa shape index (κ1) is 11.0. The van der Waals surface area contributed by atoms with E-state index < -0.39 is 0 Å². The Balaban J connectivity index is 2.88. The number of aryl methyl sites for hydroxylation is 1. The van der Waals surface area contributed by atoms with Gasteiger partial charge in [-0.2, -0.15) is 0 Å². The summed E-state index contributed by atoms with van der Waals surface area (Å²) >= 11 is 0. The van der Waals surface area contributed by atoms with Crippen LogP contribution in [0.4, 0.5) is 5.82 Å². The van der Waals surface area contributed by atoms with Gasteiger partial charge < -0.3 is 10.0 Å². The SMILES string of the molecule is CCN(C)c1cc(C)c(CCO)cn1. The number of nitrogens with zero attached hydrogens (tertiary/aromatic N) is 2. The van der Waals surface area contributed by atoms with Gasteiger partial charge in [0.2, 0.25) is 0 Å². The minimum atomic E-state index is 0.186. The van der Waals surface area contributed by atoms with E-state index in [1.165, 1.54) is 5.56 Å². The Morgan fingerprint density at radius 3 is 2.71 bits per heavy atom. The fourth-order valence-corrected chi connectivity index (χ4v) is 1.32. The van der Waals surface area contributed by atoms with Gasteiger partial charge in [-0.3, -0.25) is 0 Å². The van der Waals surface area contributed by atoms with Gasteiger partial charge in [-0.1, -0.05) is 0 Å². The number of pyridine rings is 1. The van der Waals surface area contributed by atoms with Crippen LogP contribution in [0.25, 0.3) is 0 Å².